The van der Waals surface area contributed by atoms with Gasteiger partial charge in [-0.05, 0) is 37.0 Å². The number of ketones is 1. The first-order valence-electron chi connectivity index (χ1n) is 8.86. The average molecular weight is 352 g/mol. The van der Waals surface area contributed by atoms with Crippen molar-refractivity contribution in [2.45, 2.75) is 26.3 Å². The molecule has 1 aromatic carbocycles. The van der Waals surface area contributed by atoms with Gasteiger partial charge in [-0.1, -0.05) is 30.3 Å². The molecule has 1 aromatic heterocycles. The zero-order valence-electron chi connectivity index (χ0n) is 15.5. The van der Waals surface area contributed by atoms with Gasteiger partial charge in [0.2, 0.25) is 5.78 Å². The zero-order chi connectivity index (χ0) is 18.7. The molecule has 5 nitrogen and oxygen atoms in total. The van der Waals surface area contributed by atoms with Crippen molar-refractivity contribution in [1.29, 1.82) is 0 Å². The fourth-order valence-corrected chi connectivity index (χ4v) is 3.34. The normalized spacial score (nSPS) is 15.0. The quantitative estimate of drug-likeness (QED) is 0.612. The van der Waals surface area contributed by atoms with Gasteiger partial charge in [0.1, 0.15) is 5.69 Å². The molecule has 0 aliphatic heterocycles. The molecule has 1 aliphatic rings. The molecule has 2 aromatic rings. The third kappa shape index (κ3) is 3.57. The Hall–Kier alpha value is -2.82. The summed E-state index contributed by atoms with van der Waals surface area (Å²) in [5, 5.41) is 0. The molecule has 3 rings (SSSR count). The molecule has 0 bridgehead atoms. The van der Waals surface area contributed by atoms with Gasteiger partial charge in [0.25, 0.3) is 0 Å². The maximum absolute atomic E-state index is 13.1. The Bertz CT molecular complexity index is 848. The van der Waals surface area contributed by atoms with Crippen LogP contribution < -0.4 is 0 Å². The molecule has 0 saturated heterocycles. The lowest BCUT2D eigenvalue weighted by molar-refractivity contribution is 0.0514. The summed E-state index contributed by atoms with van der Waals surface area (Å²) in [6.07, 6.45) is 3.30. The Kier molecular flexibility index (Phi) is 5.26. The smallest absolute Gasteiger partial charge is 0.354 e. The first-order valence-corrected chi connectivity index (χ1v) is 8.86. The maximum Gasteiger partial charge on any atom is 0.354 e. The molecule has 0 unspecified atom stereocenters. The topological polar surface area (TPSA) is 51.5 Å². The van der Waals surface area contributed by atoms with E-state index in [1.807, 2.05) is 66.2 Å². The van der Waals surface area contributed by atoms with E-state index >= 15 is 0 Å². The van der Waals surface area contributed by atoms with E-state index in [0.29, 0.717) is 31.0 Å². The number of benzene rings is 1. The molecule has 5 heteroatoms. The van der Waals surface area contributed by atoms with Gasteiger partial charge in [-0.3, -0.25) is 4.79 Å². The van der Waals surface area contributed by atoms with E-state index in [4.69, 9.17) is 4.74 Å². The van der Waals surface area contributed by atoms with Crippen molar-refractivity contribution in [2.24, 2.45) is 0 Å². The van der Waals surface area contributed by atoms with E-state index in [1.165, 1.54) is 0 Å². The molecule has 0 amide bonds. The van der Waals surface area contributed by atoms with E-state index in [2.05, 4.69) is 0 Å². The van der Waals surface area contributed by atoms with E-state index in [0.717, 1.165) is 23.1 Å². The summed E-state index contributed by atoms with van der Waals surface area (Å²) in [6, 6.07) is 11.7. The third-order valence-corrected chi connectivity index (χ3v) is 4.43. The molecule has 0 fully saturated rings. The lowest BCUT2D eigenvalue weighted by Gasteiger charge is -2.19. The van der Waals surface area contributed by atoms with Crippen LogP contribution >= 0.6 is 0 Å². The second-order valence-corrected chi connectivity index (χ2v) is 6.64. The number of nitrogens with zero attached hydrogens (tertiary/aromatic N) is 2. The number of aryl methyl sites for hydroxylation is 1. The highest BCUT2D eigenvalue weighted by Crippen LogP contribution is 2.29. The van der Waals surface area contributed by atoms with Gasteiger partial charge in [0.05, 0.1) is 12.3 Å². The molecule has 136 valence electrons. The Morgan fingerprint density at radius 3 is 2.62 bits per heavy atom. The number of carbonyl (C=O) groups is 2. The number of carbonyl (C=O) groups excluding carboxylic acids is 2. The van der Waals surface area contributed by atoms with E-state index in [9.17, 15) is 9.59 Å². The Balaban J connectivity index is 2.09. The van der Waals surface area contributed by atoms with Crippen LogP contribution in [0.3, 0.4) is 0 Å². The molecule has 0 saturated carbocycles. The zero-order valence-corrected chi connectivity index (χ0v) is 15.5. The van der Waals surface area contributed by atoms with Crippen molar-refractivity contribution in [2.75, 3.05) is 20.7 Å². The first kappa shape index (κ1) is 18.0. The minimum Gasteiger partial charge on any atom is -0.461 e. The monoisotopic (exact) mass is 352 g/mol. The summed E-state index contributed by atoms with van der Waals surface area (Å²) in [7, 11) is 3.81. The van der Waals surface area contributed by atoms with Crippen LogP contribution in [-0.2, 0) is 17.7 Å². The number of fused-ring (bicyclic) bond motifs is 1. The van der Waals surface area contributed by atoms with Gasteiger partial charge in [-0.25, -0.2) is 4.79 Å². The van der Waals surface area contributed by atoms with Crippen LogP contribution in [0.25, 0.3) is 0 Å². The Morgan fingerprint density at radius 2 is 1.96 bits per heavy atom. The SMILES string of the molecule is CCOC(=O)c1cc2c(n1Cc1ccccc1)C(=O)C(=CN(C)C)CC2. The standard InChI is InChI=1S/C21H24N2O3/c1-4-26-21(25)18-12-16-10-11-17(14-22(2)3)20(24)19(16)23(18)13-15-8-6-5-7-9-15/h5-9,12,14H,4,10-11,13H2,1-3H3. The van der Waals surface area contributed by atoms with Crippen LogP contribution in [0.2, 0.25) is 0 Å². The summed E-state index contributed by atoms with van der Waals surface area (Å²) in [5.41, 5.74) is 3.78. The molecular weight excluding hydrogens is 328 g/mol. The Labute approximate surface area is 153 Å². The van der Waals surface area contributed by atoms with Crippen molar-refractivity contribution in [3.8, 4) is 0 Å². The number of allylic oxidation sites excluding steroid dienone is 1. The highest BCUT2D eigenvalue weighted by molar-refractivity contribution is 6.10. The summed E-state index contributed by atoms with van der Waals surface area (Å²) < 4.78 is 7.03. The number of esters is 1. The van der Waals surface area contributed by atoms with Crippen molar-refractivity contribution < 1.29 is 14.3 Å². The molecule has 1 heterocycles. The lowest BCUT2D eigenvalue weighted by atomic mass is 9.92. The van der Waals surface area contributed by atoms with E-state index in [1.54, 1.807) is 6.92 Å². The predicted molar refractivity (Wildman–Crippen MR) is 100 cm³/mol. The van der Waals surface area contributed by atoms with Gasteiger partial charge >= 0.3 is 5.97 Å². The van der Waals surface area contributed by atoms with Crippen molar-refractivity contribution in [1.82, 2.24) is 9.47 Å². The highest BCUT2D eigenvalue weighted by atomic mass is 16.5. The largest absolute Gasteiger partial charge is 0.461 e. The lowest BCUT2D eigenvalue weighted by Crippen LogP contribution is -2.22. The van der Waals surface area contributed by atoms with E-state index < -0.39 is 0 Å². The number of hydrogen-bond donors (Lipinski definition) is 0. The minimum atomic E-state index is -0.385. The average Bonchev–Trinajstić information content (AvgIpc) is 2.97. The van der Waals surface area contributed by atoms with Crippen molar-refractivity contribution in [3.05, 3.63) is 70.7 Å². The van der Waals surface area contributed by atoms with Crippen LogP contribution in [-0.4, -0.2) is 41.9 Å². The second kappa shape index (κ2) is 7.60. The van der Waals surface area contributed by atoms with Gasteiger partial charge in [-0.2, -0.15) is 0 Å². The van der Waals surface area contributed by atoms with Crippen LogP contribution in [0.4, 0.5) is 0 Å². The molecule has 0 spiro atoms. The first-order chi connectivity index (χ1) is 12.5. The van der Waals surface area contributed by atoms with Gasteiger partial charge in [0.15, 0.2) is 0 Å². The molecule has 0 N–H and O–H groups in total. The maximum atomic E-state index is 13.1. The molecule has 0 radical (unpaired) electrons. The molecular formula is C21H24N2O3. The number of aromatic nitrogens is 1. The van der Waals surface area contributed by atoms with Crippen LogP contribution in [0.5, 0.6) is 0 Å². The van der Waals surface area contributed by atoms with Gasteiger partial charge < -0.3 is 14.2 Å². The summed E-state index contributed by atoms with van der Waals surface area (Å²) in [5.74, 6) is -0.393. The minimum absolute atomic E-state index is 0.00794. The van der Waals surface area contributed by atoms with Crippen molar-refractivity contribution >= 4 is 11.8 Å². The summed E-state index contributed by atoms with van der Waals surface area (Å²) in [6.45, 7) is 2.55. The summed E-state index contributed by atoms with van der Waals surface area (Å²) >= 11 is 0. The number of rotatable bonds is 5. The number of ether oxygens (including phenoxy) is 1. The van der Waals surface area contributed by atoms with Crippen LogP contribution in [0, 0.1) is 0 Å². The fourth-order valence-electron chi connectivity index (χ4n) is 3.34. The number of hydrogen-bond acceptors (Lipinski definition) is 4. The fraction of sp³-hybridized carbons (Fsp3) is 0.333. The molecule has 0 atom stereocenters. The van der Waals surface area contributed by atoms with Crippen molar-refractivity contribution in [3.63, 3.8) is 0 Å². The van der Waals surface area contributed by atoms with Gasteiger partial charge in [-0.15, -0.1) is 0 Å². The van der Waals surface area contributed by atoms with Gasteiger partial charge in [0, 0.05) is 32.4 Å². The van der Waals surface area contributed by atoms with Crippen LogP contribution in [0.1, 0.15) is 45.4 Å². The Morgan fingerprint density at radius 1 is 1.23 bits per heavy atom. The molecule has 1 aliphatic carbocycles. The predicted octanol–water partition coefficient (Wildman–Crippen LogP) is 3.29. The number of Topliss-reactive ketones (excluding diaryl/α,β-unsaturated/α-hetero) is 1. The summed E-state index contributed by atoms with van der Waals surface area (Å²) in [4.78, 5) is 27.4. The molecule has 26 heavy (non-hydrogen) atoms. The second-order valence-electron chi connectivity index (χ2n) is 6.64. The van der Waals surface area contributed by atoms with Crippen LogP contribution in [0.15, 0.2) is 48.2 Å². The van der Waals surface area contributed by atoms with E-state index in [-0.39, 0.29) is 11.8 Å². The third-order valence-electron chi connectivity index (χ3n) is 4.43. The highest BCUT2D eigenvalue weighted by Gasteiger charge is 2.30.